The summed E-state index contributed by atoms with van der Waals surface area (Å²) in [6.45, 7) is 4.55. The second-order valence-corrected chi connectivity index (χ2v) is 6.49. The molecule has 0 heterocycles. The number of benzene rings is 2. The van der Waals surface area contributed by atoms with Crippen LogP contribution in [0.2, 0.25) is 0 Å². The quantitative estimate of drug-likeness (QED) is 0.696. The number of ether oxygens (including phenoxy) is 2. The average molecular weight is 322 g/mol. The van der Waals surface area contributed by atoms with E-state index in [0.29, 0.717) is 11.7 Å². The summed E-state index contributed by atoms with van der Waals surface area (Å²) >= 11 is 0. The topological polar surface area (TPSA) is 35.5 Å². The summed E-state index contributed by atoms with van der Waals surface area (Å²) in [6, 6.07) is 17.7. The molecular weight excluding hydrogens is 300 g/mol. The highest BCUT2D eigenvalue weighted by atomic mass is 16.7. The van der Waals surface area contributed by atoms with E-state index in [1.807, 2.05) is 48.5 Å². The van der Waals surface area contributed by atoms with Crippen LogP contribution in [0, 0.1) is 5.92 Å². The van der Waals surface area contributed by atoms with Gasteiger partial charge < -0.3 is 9.47 Å². The van der Waals surface area contributed by atoms with Crippen molar-refractivity contribution in [2.75, 3.05) is 0 Å². The van der Waals surface area contributed by atoms with Gasteiger partial charge in [0, 0.05) is 5.56 Å². The van der Waals surface area contributed by atoms with Gasteiger partial charge in [0.15, 0.2) is 0 Å². The standard InChI is InChI=1S/C21H22O3/c1-15(2)12-18-13-17-10-6-7-11-19(17)20(18)24-21(22)23-14-16-8-4-3-5-9-16/h3-11,15H,12-14H2,1-2H3. The largest absolute Gasteiger partial charge is 0.514 e. The zero-order valence-corrected chi connectivity index (χ0v) is 14.1. The molecule has 0 radical (unpaired) electrons. The van der Waals surface area contributed by atoms with Crippen molar-refractivity contribution >= 4 is 11.9 Å². The summed E-state index contributed by atoms with van der Waals surface area (Å²) in [4.78, 5) is 12.1. The molecule has 2 aromatic rings. The molecule has 3 rings (SSSR count). The van der Waals surface area contributed by atoms with Gasteiger partial charge in [-0.05, 0) is 35.5 Å². The van der Waals surface area contributed by atoms with Gasteiger partial charge in [-0.25, -0.2) is 4.79 Å². The Morgan fingerprint density at radius 3 is 2.50 bits per heavy atom. The molecule has 0 N–H and O–H groups in total. The highest BCUT2D eigenvalue weighted by Crippen LogP contribution is 2.36. The average Bonchev–Trinajstić information content (AvgIpc) is 2.91. The van der Waals surface area contributed by atoms with Crippen LogP contribution in [0.1, 0.15) is 37.0 Å². The predicted octanol–water partition coefficient (Wildman–Crippen LogP) is 5.35. The monoisotopic (exact) mass is 322 g/mol. The Kier molecular flexibility index (Phi) is 4.99. The van der Waals surface area contributed by atoms with Crippen LogP contribution in [0.25, 0.3) is 5.76 Å². The molecule has 0 aromatic heterocycles. The van der Waals surface area contributed by atoms with Crippen molar-refractivity contribution in [1.82, 2.24) is 0 Å². The maximum Gasteiger partial charge on any atom is 0.514 e. The van der Waals surface area contributed by atoms with Crippen LogP contribution in [0.5, 0.6) is 0 Å². The Bertz CT molecular complexity index is 745. The Morgan fingerprint density at radius 1 is 1.04 bits per heavy atom. The van der Waals surface area contributed by atoms with Crippen LogP contribution in [-0.2, 0) is 22.5 Å². The summed E-state index contributed by atoms with van der Waals surface area (Å²) < 4.78 is 10.9. The number of carbonyl (C=O) groups excluding carboxylic acids is 1. The van der Waals surface area contributed by atoms with Gasteiger partial charge in [0.1, 0.15) is 12.4 Å². The molecule has 0 spiro atoms. The molecule has 0 unspecified atom stereocenters. The Labute approximate surface area is 142 Å². The highest BCUT2D eigenvalue weighted by Gasteiger charge is 2.25. The van der Waals surface area contributed by atoms with Crippen LogP contribution in [0.3, 0.4) is 0 Å². The molecular formula is C21H22O3. The number of carbonyl (C=O) groups is 1. The van der Waals surface area contributed by atoms with Crippen molar-refractivity contribution in [3.63, 3.8) is 0 Å². The molecule has 0 saturated heterocycles. The number of allylic oxidation sites excluding steroid dienone is 1. The Morgan fingerprint density at radius 2 is 1.75 bits per heavy atom. The van der Waals surface area contributed by atoms with Crippen molar-refractivity contribution in [2.45, 2.75) is 33.3 Å². The number of hydrogen-bond acceptors (Lipinski definition) is 3. The first-order valence-electron chi connectivity index (χ1n) is 8.32. The minimum atomic E-state index is -0.646. The molecule has 0 saturated carbocycles. The maximum absolute atomic E-state index is 12.1. The maximum atomic E-state index is 12.1. The normalized spacial score (nSPS) is 13.1. The summed E-state index contributed by atoms with van der Waals surface area (Å²) in [5.41, 5.74) is 4.32. The van der Waals surface area contributed by atoms with E-state index in [1.165, 1.54) is 11.1 Å². The molecule has 124 valence electrons. The minimum absolute atomic E-state index is 0.216. The molecule has 0 bridgehead atoms. The van der Waals surface area contributed by atoms with Gasteiger partial charge in [0.25, 0.3) is 0 Å². The van der Waals surface area contributed by atoms with Crippen LogP contribution < -0.4 is 0 Å². The van der Waals surface area contributed by atoms with Gasteiger partial charge in [-0.2, -0.15) is 0 Å². The molecule has 0 fully saturated rings. The van der Waals surface area contributed by atoms with E-state index in [2.05, 4.69) is 19.9 Å². The van der Waals surface area contributed by atoms with E-state index < -0.39 is 6.16 Å². The SMILES string of the molecule is CC(C)CC1=C(OC(=O)OCc2ccccc2)c2ccccc2C1. The third-order valence-electron chi connectivity index (χ3n) is 4.03. The minimum Gasteiger partial charge on any atom is -0.429 e. The summed E-state index contributed by atoms with van der Waals surface area (Å²) in [5, 5.41) is 0. The van der Waals surface area contributed by atoms with Crippen LogP contribution in [0.4, 0.5) is 4.79 Å². The third-order valence-corrected chi connectivity index (χ3v) is 4.03. The van der Waals surface area contributed by atoms with Crippen LogP contribution in [0.15, 0.2) is 60.2 Å². The van der Waals surface area contributed by atoms with Crippen LogP contribution >= 0.6 is 0 Å². The molecule has 3 nitrogen and oxygen atoms in total. The van der Waals surface area contributed by atoms with Gasteiger partial charge in [-0.15, -0.1) is 0 Å². The van der Waals surface area contributed by atoms with E-state index in [0.717, 1.165) is 24.0 Å². The zero-order chi connectivity index (χ0) is 16.9. The lowest BCUT2D eigenvalue weighted by atomic mass is 10.0. The lowest BCUT2D eigenvalue weighted by Crippen LogP contribution is -2.07. The fourth-order valence-electron chi connectivity index (χ4n) is 3.01. The van der Waals surface area contributed by atoms with Gasteiger partial charge in [-0.3, -0.25) is 0 Å². The lowest BCUT2D eigenvalue weighted by molar-refractivity contribution is 0.0840. The van der Waals surface area contributed by atoms with Crippen molar-refractivity contribution < 1.29 is 14.3 Å². The van der Waals surface area contributed by atoms with Gasteiger partial charge in [0.2, 0.25) is 0 Å². The van der Waals surface area contributed by atoms with E-state index in [-0.39, 0.29) is 6.61 Å². The smallest absolute Gasteiger partial charge is 0.429 e. The summed E-state index contributed by atoms with van der Waals surface area (Å²) in [7, 11) is 0. The van der Waals surface area contributed by atoms with Crippen LogP contribution in [-0.4, -0.2) is 6.16 Å². The third kappa shape index (κ3) is 3.85. The molecule has 1 aliphatic rings. The first-order chi connectivity index (χ1) is 11.6. The first-order valence-corrected chi connectivity index (χ1v) is 8.32. The molecule has 0 amide bonds. The van der Waals surface area contributed by atoms with Gasteiger partial charge in [0.05, 0.1) is 0 Å². The van der Waals surface area contributed by atoms with Crippen molar-refractivity contribution in [3.8, 4) is 0 Å². The van der Waals surface area contributed by atoms with E-state index in [9.17, 15) is 4.79 Å². The van der Waals surface area contributed by atoms with E-state index in [4.69, 9.17) is 9.47 Å². The van der Waals surface area contributed by atoms with Gasteiger partial charge >= 0.3 is 6.16 Å². The Balaban J connectivity index is 1.71. The summed E-state index contributed by atoms with van der Waals surface area (Å²) in [5.74, 6) is 1.19. The zero-order valence-electron chi connectivity index (χ0n) is 14.1. The van der Waals surface area contributed by atoms with Crippen molar-refractivity contribution in [3.05, 3.63) is 76.9 Å². The fraction of sp³-hybridized carbons (Fsp3) is 0.286. The second-order valence-electron chi connectivity index (χ2n) is 6.49. The van der Waals surface area contributed by atoms with E-state index >= 15 is 0 Å². The van der Waals surface area contributed by atoms with E-state index in [1.54, 1.807) is 0 Å². The molecule has 0 atom stereocenters. The molecule has 2 aromatic carbocycles. The first kappa shape index (κ1) is 16.3. The summed E-state index contributed by atoms with van der Waals surface area (Å²) in [6.07, 6.45) is 1.11. The highest BCUT2D eigenvalue weighted by molar-refractivity contribution is 5.79. The lowest BCUT2D eigenvalue weighted by Gasteiger charge is -2.11. The predicted molar refractivity (Wildman–Crippen MR) is 94.2 cm³/mol. The molecule has 3 heteroatoms. The fourth-order valence-corrected chi connectivity index (χ4v) is 3.01. The van der Waals surface area contributed by atoms with Crippen molar-refractivity contribution in [1.29, 1.82) is 0 Å². The second kappa shape index (κ2) is 7.35. The molecule has 1 aliphatic carbocycles. The molecule has 0 aliphatic heterocycles. The molecule has 24 heavy (non-hydrogen) atoms. The number of fused-ring (bicyclic) bond motifs is 1. The Hall–Kier alpha value is -2.55. The number of hydrogen-bond donors (Lipinski definition) is 0. The van der Waals surface area contributed by atoms with Gasteiger partial charge in [-0.1, -0.05) is 68.4 Å². The number of rotatable bonds is 5. The van der Waals surface area contributed by atoms with Crippen molar-refractivity contribution in [2.24, 2.45) is 5.92 Å².